The molecule has 0 unspecified atom stereocenters. The van der Waals surface area contributed by atoms with Crippen molar-refractivity contribution in [2.75, 3.05) is 6.61 Å². The fourth-order valence-electron chi connectivity index (χ4n) is 2.21. The predicted molar refractivity (Wildman–Crippen MR) is 66.1 cm³/mol. The van der Waals surface area contributed by atoms with Crippen molar-refractivity contribution in [1.29, 1.82) is 0 Å². The van der Waals surface area contributed by atoms with Crippen molar-refractivity contribution >= 4 is 15.9 Å². The first-order valence-corrected chi connectivity index (χ1v) is 6.07. The summed E-state index contributed by atoms with van der Waals surface area (Å²) < 4.78 is 7.11. The number of hydrogen-bond acceptors (Lipinski definition) is 1. The van der Waals surface area contributed by atoms with E-state index in [0.717, 1.165) is 11.1 Å². The largest absolute Gasteiger partial charge is 0.370 e. The number of halogens is 1. The second-order valence-corrected chi connectivity index (χ2v) is 6.20. The zero-order valence-electron chi connectivity index (χ0n) is 9.73. The first-order valence-electron chi connectivity index (χ1n) is 5.28. The molecule has 0 fully saturated rings. The molecule has 1 aliphatic rings. The maximum absolute atomic E-state index is 5.96. The summed E-state index contributed by atoms with van der Waals surface area (Å²) in [4.78, 5) is 0. The van der Waals surface area contributed by atoms with Crippen LogP contribution in [0.5, 0.6) is 0 Å². The van der Waals surface area contributed by atoms with Gasteiger partial charge in [0.1, 0.15) is 0 Å². The van der Waals surface area contributed by atoms with Gasteiger partial charge >= 0.3 is 0 Å². The van der Waals surface area contributed by atoms with Gasteiger partial charge in [-0.1, -0.05) is 41.9 Å². The summed E-state index contributed by atoms with van der Waals surface area (Å²) in [5, 5.41) is 0. The van der Waals surface area contributed by atoms with E-state index in [1.54, 1.807) is 0 Å². The summed E-state index contributed by atoms with van der Waals surface area (Å²) in [6, 6.07) is 6.40. The Bertz CT molecular complexity index is 394. The van der Waals surface area contributed by atoms with Gasteiger partial charge in [-0.3, -0.25) is 0 Å². The highest BCUT2D eigenvalue weighted by molar-refractivity contribution is 9.10. The van der Waals surface area contributed by atoms with Crippen LogP contribution in [0.2, 0.25) is 0 Å². The Morgan fingerprint density at radius 3 is 2.47 bits per heavy atom. The van der Waals surface area contributed by atoms with Gasteiger partial charge in [0.2, 0.25) is 0 Å². The number of ether oxygens (including phenoxy) is 1. The molecule has 0 saturated heterocycles. The molecule has 15 heavy (non-hydrogen) atoms. The Labute approximate surface area is 100.0 Å². The van der Waals surface area contributed by atoms with Crippen LogP contribution in [0.1, 0.15) is 38.8 Å². The Hall–Kier alpha value is -0.340. The van der Waals surface area contributed by atoms with Crippen molar-refractivity contribution in [3.8, 4) is 0 Å². The average molecular weight is 269 g/mol. The molecule has 1 aliphatic heterocycles. The molecule has 1 nitrogen and oxygen atoms in total. The quantitative estimate of drug-likeness (QED) is 0.692. The number of hydrogen-bond donors (Lipinski definition) is 0. The molecule has 0 aliphatic carbocycles. The van der Waals surface area contributed by atoms with Crippen LogP contribution in [0.3, 0.4) is 0 Å². The molecule has 0 bridgehead atoms. The molecule has 1 aromatic carbocycles. The molecule has 0 amide bonds. The molecule has 2 heteroatoms. The first-order chi connectivity index (χ1) is 6.84. The van der Waals surface area contributed by atoms with Crippen LogP contribution >= 0.6 is 15.9 Å². The second kappa shape index (κ2) is 3.33. The van der Waals surface area contributed by atoms with Crippen molar-refractivity contribution < 1.29 is 4.74 Å². The standard InChI is InChI=1S/C13H17BrO/c1-12(2)8-15-13(3,4)11-9(12)6-5-7-10(11)14/h5-7H,8H2,1-4H3. The minimum Gasteiger partial charge on any atom is -0.370 e. The minimum atomic E-state index is -0.190. The van der Waals surface area contributed by atoms with Gasteiger partial charge in [0, 0.05) is 15.5 Å². The van der Waals surface area contributed by atoms with Gasteiger partial charge in [0.05, 0.1) is 12.2 Å². The van der Waals surface area contributed by atoms with Crippen LogP contribution in [0.4, 0.5) is 0 Å². The molecule has 1 heterocycles. The molecule has 1 aromatic rings. The molecule has 0 radical (unpaired) electrons. The van der Waals surface area contributed by atoms with E-state index in [1.807, 2.05) is 0 Å². The Kier molecular flexibility index (Phi) is 2.47. The van der Waals surface area contributed by atoms with E-state index in [0.29, 0.717) is 0 Å². The van der Waals surface area contributed by atoms with Gasteiger partial charge in [-0.05, 0) is 25.5 Å². The van der Waals surface area contributed by atoms with Crippen LogP contribution in [0.25, 0.3) is 0 Å². The average Bonchev–Trinajstić information content (AvgIpc) is 2.13. The monoisotopic (exact) mass is 268 g/mol. The van der Waals surface area contributed by atoms with E-state index >= 15 is 0 Å². The maximum atomic E-state index is 5.96. The minimum absolute atomic E-state index is 0.106. The lowest BCUT2D eigenvalue weighted by atomic mass is 9.76. The van der Waals surface area contributed by atoms with Crippen molar-refractivity contribution in [2.45, 2.75) is 38.7 Å². The fraction of sp³-hybridized carbons (Fsp3) is 0.538. The van der Waals surface area contributed by atoms with Crippen LogP contribution in [-0.4, -0.2) is 6.61 Å². The molecule has 0 saturated carbocycles. The lowest BCUT2D eigenvalue weighted by Gasteiger charge is -2.42. The molecule has 0 atom stereocenters. The normalized spacial score (nSPS) is 22.2. The van der Waals surface area contributed by atoms with Crippen LogP contribution in [-0.2, 0) is 15.8 Å². The predicted octanol–water partition coefficient (Wildman–Crippen LogP) is 3.99. The Morgan fingerprint density at radius 1 is 1.20 bits per heavy atom. The van der Waals surface area contributed by atoms with Crippen LogP contribution in [0.15, 0.2) is 22.7 Å². The molecule has 82 valence electrons. The van der Waals surface area contributed by atoms with Crippen molar-refractivity contribution in [1.82, 2.24) is 0 Å². The number of rotatable bonds is 0. The third-order valence-electron chi connectivity index (χ3n) is 3.14. The van der Waals surface area contributed by atoms with E-state index in [-0.39, 0.29) is 11.0 Å². The zero-order chi connectivity index (χ0) is 11.3. The first kappa shape index (κ1) is 11.2. The Balaban J connectivity index is 2.70. The van der Waals surface area contributed by atoms with Gasteiger partial charge in [-0.2, -0.15) is 0 Å². The zero-order valence-corrected chi connectivity index (χ0v) is 11.3. The van der Waals surface area contributed by atoms with Gasteiger partial charge in [0.15, 0.2) is 0 Å². The molecule has 0 spiro atoms. The summed E-state index contributed by atoms with van der Waals surface area (Å²) in [5.41, 5.74) is 2.61. The molecule has 0 aromatic heterocycles. The fourth-order valence-corrected chi connectivity index (χ4v) is 3.05. The van der Waals surface area contributed by atoms with Crippen molar-refractivity contribution in [3.05, 3.63) is 33.8 Å². The van der Waals surface area contributed by atoms with Crippen LogP contribution < -0.4 is 0 Å². The summed E-state index contributed by atoms with van der Waals surface area (Å²) in [5.74, 6) is 0. The third kappa shape index (κ3) is 1.74. The second-order valence-electron chi connectivity index (χ2n) is 5.35. The van der Waals surface area contributed by atoms with Gasteiger partial charge < -0.3 is 4.74 Å². The lowest BCUT2D eigenvalue weighted by Crippen LogP contribution is -2.40. The number of fused-ring (bicyclic) bond motifs is 1. The van der Waals surface area contributed by atoms with Gasteiger partial charge in [0.25, 0.3) is 0 Å². The Morgan fingerprint density at radius 2 is 1.87 bits per heavy atom. The highest BCUT2D eigenvalue weighted by Gasteiger charge is 2.38. The third-order valence-corrected chi connectivity index (χ3v) is 3.80. The highest BCUT2D eigenvalue weighted by Crippen LogP contribution is 2.44. The van der Waals surface area contributed by atoms with Crippen LogP contribution in [0, 0.1) is 0 Å². The summed E-state index contributed by atoms with van der Waals surface area (Å²) >= 11 is 3.63. The smallest absolute Gasteiger partial charge is 0.0889 e. The van der Waals surface area contributed by atoms with Gasteiger partial charge in [-0.25, -0.2) is 0 Å². The molecule has 0 N–H and O–H groups in total. The maximum Gasteiger partial charge on any atom is 0.0889 e. The SMILES string of the molecule is CC1(C)COC(C)(C)c2c(Br)cccc21. The summed E-state index contributed by atoms with van der Waals surface area (Å²) in [6.07, 6.45) is 0. The molecular weight excluding hydrogens is 252 g/mol. The van der Waals surface area contributed by atoms with E-state index in [2.05, 4.69) is 61.8 Å². The van der Waals surface area contributed by atoms with Crippen molar-refractivity contribution in [3.63, 3.8) is 0 Å². The van der Waals surface area contributed by atoms with Crippen molar-refractivity contribution in [2.24, 2.45) is 0 Å². The van der Waals surface area contributed by atoms with E-state index in [1.165, 1.54) is 11.1 Å². The summed E-state index contributed by atoms with van der Waals surface area (Å²) in [7, 11) is 0. The lowest BCUT2D eigenvalue weighted by molar-refractivity contribution is -0.0593. The molecule has 2 rings (SSSR count). The van der Waals surface area contributed by atoms with E-state index in [9.17, 15) is 0 Å². The van der Waals surface area contributed by atoms with Gasteiger partial charge in [-0.15, -0.1) is 0 Å². The highest BCUT2D eigenvalue weighted by atomic mass is 79.9. The summed E-state index contributed by atoms with van der Waals surface area (Å²) in [6.45, 7) is 9.50. The van der Waals surface area contributed by atoms with E-state index in [4.69, 9.17) is 4.74 Å². The number of benzene rings is 1. The molecular formula is C13H17BrO. The van der Waals surface area contributed by atoms with E-state index < -0.39 is 0 Å². The topological polar surface area (TPSA) is 9.23 Å².